The molecule has 0 bridgehead atoms. The fourth-order valence-electron chi connectivity index (χ4n) is 3.52. The minimum Gasteiger partial charge on any atom is -0.466 e. The third-order valence-electron chi connectivity index (χ3n) is 5.32. The number of ether oxygens (including phenoxy) is 1. The maximum Gasteiger partial charge on any atom is 0.311 e. The predicted octanol–water partition coefficient (Wildman–Crippen LogP) is 4.43. The Labute approximate surface area is 229 Å². The van der Waals surface area contributed by atoms with Gasteiger partial charge < -0.3 is 15.0 Å². The number of para-hydroxylation sites is 1. The summed E-state index contributed by atoms with van der Waals surface area (Å²) in [6, 6.07) is 17.0. The van der Waals surface area contributed by atoms with Crippen LogP contribution in [0.5, 0.6) is 0 Å². The van der Waals surface area contributed by atoms with Gasteiger partial charge >= 0.3 is 5.97 Å². The van der Waals surface area contributed by atoms with E-state index in [1.54, 1.807) is 18.4 Å². The molecule has 2 amide bonds. The first-order valence-electron chi connectivity index (χ1n) is 11.8. The van der Waals surface area contributed by atoms with E-state index in [4.69, 9.17) is 4.74 Å². The van der Waals surface area contributed by atoms with Gasteiger partial charge in [0.05, 0.1) is 30.2 Å². The van der Waals surface area contributed by atoms with E-state index < -0.39 is 0 Å². The molecule has 0 saturated carbocycles. The molecule has 38 heavy (non-hydrogen) atoms. The molecule has 2 heterocycles. The molecule has 0 fully saturated rings. The van der Waals surface area contributed by atoms with Crippen LogP contribution in [0, 0.1) is 0 Å². The monoisotopic (exact) mass is 549 g/mol. The molecular weight excluding hydrogens is 522 g/mol. The SMILES string of the molecule is CCOC(=O)Cc1csc(NC(=O)CSC2=NC(=Cc3ccc(N(C)C)cc3)C(=O)N2c2ccccc2)n1. The van der Waals surface area contributed by atoms with Crippen LogP contribution in [0.4, 0.5) is 16.5 Å². The Kier molecular flexibility index (Phi) is 8.93. The lowest BCUT2D eigenvalue weighted by atomic mass is 10.1. The van der Waals surface area contributed by atoms with Crippen molar-refractivity contribution in [2.24, 2.45) is 4.99 Å². The molecule has 11 heteroatoms. The highest BCUT2D eigenvalue weighted by Crippen LogP contribution is 2.29. The number of thioether (sulfide) groups is 1. The number of hydrogen-bond acceptors (Lipinski definition) is 9. The largest absolute Gasteiger partial charge is 0.466 e. The molecule has 196 valence electrons. The minimum atomic E-state index is -0.367. The summed E-state index contributed by atoms with van der Waals surface area (Å²) in [5.74, 6) is -0.910. The first kappa shape index (κ1) is 27.1. The van der Waals surface area contributed by atoms with E-state index in [0.717, 1.165) is 23.0 Å². The smallest absolute Gasteiger partial charge is 0.311 e. The van der Waals surface area contributed by atoms with Crippen molar-refractivity contribution >= 4 is 68.6 Å². The third kappa shape index (κ3) is 6.87. The van der Waals surface area contributed by atoms with Crippen molar-refractivity contribution in [1.82, 2.24) is 4.98 Å². The Bertz CT molecular complexity index is 1370. The maximum absolute atomic E-state index is 13.3. The summed E-state index contributed by atoms with van der Waals surface area (Å²) < 4.78 is 4.93. The van der Waals surface area contributed by atoms with Crippen molar-refractivity contribution in [3.05, 3.63) is 76.9 Å². The van der Waals surface area contributed by atoms with Gasteiger partial charge in [-0.2, -0.15) is 0 Å². The molecule has 3 aromatic rings. The number of benzene rings is 2. The number of nitrogens with zero attached hydrogens (tertiary/aromatic N) is 4. The number of anilines is 3. The lowest BCUT2D eigenvalue weighted by molar-refractivity contribution is -0.142. The lowest BCUT2D eigenvalue weighted by Crippen LogP contribution is -2.31. The summed E-state index contributed by atoms with van der Waals surface area (Å²) in [5.41, 5.74) is 3.39. The molecule has 0 saturated heterocycles. The summed E-state index contributed by atoms with van der Waals surface area (Å²) >= 11 is 2.39. The second-order valence-corrected chi connectivity index (χ2v) is 10.1. The van der Waals surface area contributed by atoms with Crippen molar-refractivity contribution in [3.63, 3.8) is 0 Å². The highest BCUT2D eigenvalue weighted by atomic mass is 32.2. The molecule has 0 spiro atoms. The number of amides is 2. The van der Waals surface area contributed by atoms with Crippen LogP contribution in [-0.2, 0) is 25.5 Å². The zero-order chi connectivity index (χ0) is 27.1. The van der Waals surface area contributed by atoms with Gasteiger partial charge in [-0.05, 0) is 42.8 Å². The minimum absolute atomic E-state index is 0.0209. The van der Waals surface area contributed by atoms with Gasteiger partial charge in [0.25, 0.3) is 5.91 Å². The van der Waals surface area contributed by atoms with Crippen LogP contribution in [0.25, 0.3) is 6.08 Å². The van der Waals surface area contributed by atoms with Crippen molar-refractivity contribution in [2.75, 3.05) is 41.6 Å². The van der Waals surface area contributed by atoms with Crippen LogP contribution in [0.1, 0.15) is 18.2 Å². The van der Waals surface area contributed by atoms with Gasteiger partial charge in [-0.25, -0.2) is 9.98 Å². The zero-order valence-electron chi connectivity index (χ0n) is 21.2. The van der Waals surface area contributed by atoms with Gasteiger partial charge in [-0.15, -0.1) is 11.3 Å². The van der Waals surface area contributed by atoms with E-state index in [0.29, 0.717) is 28.3 Å². The van der Waals surface area contributed by atoms with Crippen LogP contribution >= 0.6 is 23.1 Å². The summed E-state index contributed by atoms with van der Waals surface area (Å²) in [6.45, 7) is 2.04. The van der Waals surface area contributed by atoms with Crippen LogP contribution in [0.2, 0.25) is 0 Å². The second kappa shape index (κ2) is 12.5. The van der Waals surface area contributed by atoms with E-state index in [2.05, 4.69) is 15.3 Å². The fourth-order valence-corrected chi connectivity index (χ4v) is 5.05. The molecule has 1 aliphatic rings. The number of carbonyl (C=O) groups is 3. The second-order valence-electron chi connectivity index (χ2n) is 8.35. The first-order valence-corrected chi connectivity index (χ1v) is 13.7. The molecule has 0 aliphatic carbocycles. The topological polar surface area (TPSA) is 104 Å². The average Bonchev–Trinajstić information content (AvgIpc) is 3.46. The number of nitrogens with one attached hydrogen (secondary N) is 1. The number of esters is 1. The highest BCUT2D eigenvalue weighted by molar-refractivity contribution is 8.14. The van der Waals surface area contributed by atoms with Crippen molar-refractivity contribution in [2.45, 2.75) is 13.3 Å². The molecule has 0 radical (unpaired) electrons. The van der Waals surface area contributed by atoms with Gasteiger partial charge in [0.1, 0.15) is 5.70 Å². The van der Waals surface area contributed by atoms with E-state index in [1.807, 2.05) is 73.6 Å². The Morgan fingerprint density at radius 1 is 1.13 bits per heavy atom. The fraction of sp³-hybridized carbons (Fsp3) is 0.222. The standard InChI is InChI=1S/C27H27N5O4S2/c1-4-36-24(34)15-19-16-37-26(28-19)30-23(33)17-38-27-29-22(14-18-10-12-20(13-11-18)31(2)3)25(35)32(27)21-8-6-5-7-9-21/h5-14,16H,4,15,17H2,1-3H3,(H,28,30,33). The van der Waals surface area contributed by atoms with Crippen molar-refractivity contribution in [1.29, 1.82) is 0 Å². The zero-order valence-corrected chi connectivity index (χ0v) is 22.8. The average molecular weight is 550 g/mol. The number of rotatable bonds is 9. The molecule has 0 unspecified atom stereocenters. The van der Waals surface area contributed by atoms with E-state index in [9.17, 15) is 14.4 Å². The number of aliphatic imine (C=N–C) groups is 1. The number of hydrogen-bond donors (Lipinski definition) is 1. The van der Waals surface area contributed by atoms with Crippen LogP contribution in [-0.4, -0.2) is 54.4 Å². The predicted molar refractivity (Wildman–Crippen MR) is 154 cm³/mol. The van der Waals surface area contributed by atoms with Crippen LogP contribution in [0.15, 0.2) is 70.7 Å². The van der Waals surface area contributed by atoms with E-state index in [1.165, 1.54) is 16.2 Å². The molecule has 9 nitrogen and oxygen atoms in total. The molecule has 4 rings (SSSR count). The Balaban J connectivity index is 1.47. The third-order valence-corrected chi connectivity index (χ3v) is 7.06. The van der Waals surface area contributed by atoms with E-state index >= 15 is 0 Å². The maximum atomic E-state index is 13.3. The molecule has 1 aromatic heterocycles. The Morgan fingerprint density at radius 2 is 1.87 bits per heavy atom. The lowest BCUT2D eigenvalue weighted by Gasteiger charge is -2.17. The van der Waals surface area contributed by atoms with Crippen molar-refractivity contribution < 1.29 is 19.1 Å². The Morgan fingerprint density at radius 3 is 2.55 bits per heavy atom. The van der Waals surface area contributed by atoms with Crippen LogP contribution < -0.4 is 15.1 Å². The van der Waals surface area contributed by atoms with Crippen LogP contribution in [0.3, 0.4) is 0 Å². The molecule has 0 atom stereocenters. The summed E-state index contributed by atoms with van der Waals surface area (Å²) in [6.07, 6.45) is 1.79. The number of carbonyl (C=O) groups excluding carboxylic acids is 3. The Hall–Kier alpha value is -3.96. The summed E-state index contributed by atoms with van der Waals surface area (Å²) in [7, 11) is 3.93. The van der Waals surface area contributed by atoms with Gasteiger partial charge in [0.15, 0.2) is 10.3 Å². The van der Waals surface area contributed by atoms with E-state index in [-0.39, 0.29) is 35.7 Å². The molecule has 1 N–H and O–H groups in total. The van der Waals surface area contributed by atoms with Gasteiger partial charge in [0.2, 0.25) is 5.91 Å². The van der Waals surface area contributed by atoms with Gasteiger partial charge in [-0.3, -0.25) is 19.3 Å². The summed E-state index contributed by atoms with van der Waals surface area (Å²) in [4.78, 5) is 50.0. The summed E-state index contributed by atoms with van der Waals surface area (Å²) in [5, 5.41) is 5.25. The molecular formula is C27H27N5O4S2. The number of thiazole rings is 1. The van der Waals surface area contributed by atoms with Gasteiger partial charge in [0, 0.05) is 25.2 Å². The van der Waals surface area contributed by atoms with Crippen molar-refractivity contribution in [3.8, 4) is 0 Å². The first-order chi connectivity index (χ1) is 18.3. The quantitative estimate of drug-likeness (QED) is 0.311. The molecule has 2 aromatic carbocycles. The number of amidine groups is 1. The molecule has 1 aliphatic heterocycles. The number of aromatic nitrogens is 1. The normalized spacial score (nSPS) is 14.0. The van der Waals surface area contributed by atoms with Gasteiger partial charge in [-0.1, -0.05) is 42.1 Å². The highest BCUT2D eigenvalue weighted by Gasteiger charge is 2.32.